The van der Waals surface area contributed by atoms with Crippen LogP contribution in [0, 0.1) is 0 Å². The molecule has 0 heterocycles. The summed E-state index contributed by atoms with van der Waals surface area (Å²) in [6, 6.07) is 43.1. The molecule has 2 saturated carbocycles. The summed E-state index contributed by atoms with van der Waals surface area (Å²) in [6.45, 7) is 0. The van der Waals surface area contributed by atoms with E-state index in [0.29, 0.717) is 0 Å². The van der Waals surface area contributed by atoms with Crippen molar-refractivity contribution in [2.75, 3.05) is 4.90 Å². The van der Waals surface area contributed by atoms with Crippen molar-refractivity contribution in [3.05, 3.63) is 138 Å². The largest absolute Gasteiger partial charge is 0.310 e. The van der Waals surface area contributed by atoms with Crippen LogP contribution >= 0.6 is 0 Å². The number of rotatable bonds is 5. The van der Waals surface area contributed by atoms with E-state index in [-0.39, 0.29) is 0 Å². The standard InChI is InChI=1S/C44H41N/c1-3-11-32(12-4-1)29-34-19-23-36(24-20-34)45(37-25-21-35(22-26-37)30-33-13-5-2-6-14-33)38-27-28-43-41-17-8-7-15-39(41)40-16-9-10-18-42(40)44(43)31-38/h7-10,15-31H,1-6,11-14H2. The predicted molar refractivity (Wildman–Crippen MR) is 196 cm³/mol. The van der Waals surface area contributed by atoms with Gasteiger partial charge in [0.1, 0.15) is 0 Å². The van der Waals surface area contributed by atoms with Gasteiger partial charge in [0.2, 0.25) is 0 Å². The molecule has 6 aromatic carbocycles. The lowest BCUT2D eigenvalue weighted by Crippen LogP contribution is -2.10. The zero-order valence-corrected chi connectivity index (χ0v) is 26.1. The van der Waals surface area contributed by atoms with E-state index < -0.39 is 0 Å². The lowest BCUT2D eigenvalue weighted by Gasteiger charge is -2.26. The average Bonchev–Trinajstić information content (AvgIpc) is 3.11. The van der Waals surface area contributed by atoms with Crippen molar-refractivity contribution in [2.45, 2.75) is 64.2 Å². The molecule has 0 amide bonds. The second-order valence-electron chi connectivity index (χ2n) is 13.1. The Morgan fingerprint density at radius 3 is 1.18 bits per heavy atom. The molecule has 0 unspecified atom stereocenters. The Balaban J connectivity index is 1.24. The van der Waals surface area contributed by atoms with E-state index in [2.05, 4.69) is 132 Å². The van der Waals surface area contributed by atoms with Gasteiger partial charge in [0, 0.05) is 17.1 Å². The lowest BCUT2D eigenvalue weighted by molar-refractivity contribution is 0.602. The quantitative estimate of drug-likeness (QED) is 0.182. The number of hydrogen-bond donors (Lipinski definition) is 0. The van der Waals surface area contributed by atoms with Gasteiger partial charge < -0.3 is 4.90 Å². The first-order chi connectivity index (χ1) is 22.3. The van der Waals surface area contributed by atoms with Crippen molar-refractivity contribution in [2.24, 2.45) is 0 Å². The molecule has 0 aliphatic heterocycles. The van der Waals surface area contributed by atoms with E-state index in [9.17, 15) is 0 Å². The molecular weight excluding hydrogens is 542 g/mol. The van der Waals surface area contributed by atoms with Gasteiger partial charge in [0.15, 0.2) is 0 Å². The molecule has 2 fully saturated rings. The Morgan fingerprint density at radius 1 is 0.356 bits per heavy atom. The Labute approximate surface area is 267 Å². The first kappa shape index (κ1) is 27.9. The smallest absolute Gasteiger partial charge is 0.0468 e. The zero-order valence-electron chi connectivity index (χ0n) is 26.1. The highest BCUT2D eigenvalue weighted by atomic mass is 15.1. The maximum absolute atomic E-state index is 2.43. The van der Waals surface area contributed by atoms with Crippen molar-refractivity contribution in [3.8, 4) is 0 Å². The summed E-state index contributed by atoms with van der Waals surface area (Å²) in [5.41, 5.74) is 9.36. The fourth-order valence-electron chi connectivity index (χ4n) is 7.69. The van der Waals surface area contributed by atoms with Crippen LogP contribution in [0.2, 0.25) is 0 Å². The van der Waals surface area contributed by atoms with E-state index in [0.717, 1.165) is 0 Å². The normalized spacial score (nSPS) is 15.5. The van der Waals surface area contributed by atoms with Crippen LogP contribution in [0.5, 0.6) is 0 Å². The van der Waals surface area contributed by atoms with E-state index in [1.54, 1.807) is 11.1 Å². The SMILES string of the molecule is C(=C1CCCCC1)c1ccc(N(c2ccc(C=C3CCCCC3)cc2)c2ccc3c4ccccc4c4ccccc4c3c2)cc1. The van der Waals surface area contributed by atoms with Gasteiger partial charge in [-0.1, -0.05) is 115 Å². The Bertz CT molecular complexity index is 1920. The number of fused-ring (bicyclic) bond motifs is 6. The number of hydrogen-bond acceptors (Lipinski definition) is 1. The fraction of sp³-hybridized carbons (Fsp3) is 0.227. The molecule has 6 aromatic rings. The minimum absolute atomic E-state index is 1.18. The molecule has 1 nitrogen and oxygen atoms in total. The molecule has 0 radical (unpaired) electrons. The molecule has 0 N–H and O–H groups in total. The van der Waals surface area contributed by atoms with Crippen LogP contribution < -0.4 is 4.90 Å². The highest BCUT2D eigenvalue weighted by Gasteiger charge is 2.16. The summed E-state index contributed by atoms with van der Waals surface area (Å²) < 4.78 is 0. The number of benzene rings is 6. The molecule has 0 aromatic heterocycles. The predicted octanol–water partition coefficient (Wildman–Crippen LogP) is 13.3. The average molecular weight is 584 g/mol. The van der Waals surface area contributed by atoms with Gasteiger partial charge in [-0.2, -0.15) is 0 Å². The Morgan fingerprint density at radius 2 is 0.733 bits per heavy atom. The van der Waals surface area contributed by atoms with Crippen molar-refractivity contribution >= 4 is 61.5 Å². The van der Waals surface area contributed by atoms with Gasteiger partial charge >= 0.3 is 0 Å². The van der Waals surface area contributed by atoms with E-state index in [1.807, 2.05) is 0 Å². The summed E-state index contributed by atoms with van der Waals surface area (Å²) in [6.07, 6.45) is 17.9. The molecule has 0 atom stereocenters. The monoisotopic (exact) mass is 583 g/mol. The maximum atomic E-state index is 2.43. The molecule has 2 aliphatic carbocycles. The third kappa shape index (κ3) is 5.69. The highest BCUT2D eigenvalue weighted by Crippen LogP contribution is 2.41. The molecule has 2 aliphatic rings. The van der Waals surface area contributed by atoms with Crippen molar-refractivity contribution in [1.82, 2.24) is 0 Å². The number of anilines is 3. The molecule has 0 spiro atoms. The van der Waals surface area contributed by atoms with Crippen LogP contribution in [-0.2, 0) is 0 Å². The van der Waals surface area contributed by atoms with Gasteiger partial charge in [-0.15, -0.1) is 0 Å². The summed E-state index contributed by atoms with van der Waals surface area (Å²) in [4.78, 5) is 2.43. The van der Waals surface area contributed by atoms with Gasteiger partial charge in [-0.3, -0.25) is 0 Å². The van der Waals surface area contributed by atoms with Crippen LogP contribution in [0.15, 0.2) is 126 Å². The molecule has 0 bridgehead atoms. The summed E-state index contributed by atoms with van der Waals surface area (Å²) >= 11 is 0. The highest BCUT2D eigenvalue weighted by molar-refractivity contribution is 6.25. The first-order valence-corrected chi connectivity index (χ1v) is 17.0. The number of nitrogens with zero attached hydrogens (tertiary/aromatic N) is 1. The van der Waals surface area contributed by atoms with Crippen LogP contribution in [0.25, 0.3) is 44.5 Å². The van der Waals surface area contributed by atoms with Gasteiger partial charge in [-0.25, -0.2) is 0 Å². The van der Waals surface area contributed by atoms with Crippen LogP contribution in [0.4, 0.5) is 17.1 Å². The zero-order chi connectivity index (χ0) is 30.0. The molecular formula is C44H41N. The van der Waals surface area contributed by atoms with Crippen molar-refractivity contribution in [1.29, 1.82) is 0 Å². The van der Waals surface area contributed by atoms with E-state index >= 15 is 0 Å². The van der Waals surface area contributed by atoms with Gasteiger partial charge in [-0.05, 0) is 131 Å². The minimum Gasteiger partial charge on any atom is -0.310 e. The molecule has 1 heteroatoms. The third-order valence-corrected chi connectivity index (χ3v) is 10.0. The second kappa shape index (κ2) is 12.4. The third-order valence-electron chi connectivity index (χ3n) is 10.0. The molecule has 0 saturated heterocycles. The van der Waals surface area contributed by atoms with Crippen LogP contribution in [0.3, 0.4) is 0 Å². The van der Waals surface area contributed by atoms with Crippen LogP contribution in [-0.4, -0.2) is 0 Å². The summed E-state index contributed by atoms with van der Waals surface area (Å²) in [7, 11) is 0. The maximum Gasteiger partial charge on any atom is 0.0468 e. The van der Waals surface area contributed by atoms with Crippen molar-refractivity contribution in [3.63, 3.8) is 0 Å². The number of allylic oxidation sites excluding steroid dienone is 2. The topological polar surface area (TPSA) is 3.24 Å². The van der Waals surface area contributed by atoms with Gasteiger partial charge in [0.25, 0.3) is 0 Å². The van der Waals surface area contributed by atoms with Gasteiger partial charge in [0.05, 0.1) is 0 Å². The second-order valence-corrected chi connectivity index (χ2v) is 13.1. The fourth-order valence-corrected chi connectivity index (χ4v) is 7.69. The molecule has 8 rings (SSSR count). The summed E-state index contributed by atoms with van der Waals surface area (Å²) in [5, 5.41) is 7.84. The summed E-state index contributed by atoms with van der Waals surface area (Å²) in [5.74, 6) is 0. The molecule has 222 valence electrons. The van der Waals surface area contributed by atoms with Crippen LogP contribution in [0.1, 0.15) is 75.3 Å². The lowest BCUT2D eigenvalue weighted by atomic mass is 9.93. The molecule has 45 heavy (non-hydrogen) atoms. The van der Waals surface area contributed by atoms with E-state index in [4.69, 9.17) is 0 Å². The minimum atomic E-state index is 1.18. The van der Waals surface area contributed by atoms with E-state index in [1.165, 1.54) is 125 Å². The Kier molecular flexibility index (Phi) is 7.69. The first-order valence-electron chi connectivity index (χ1n) is 17.0. The van der Waals surface area contributed by atoms with Crippen molar-refractivity contribution < 1.29 is 0 Å². The Hall–Kier alpha value is -4.62.